The zero-order valence-corrected chi connectivity index (χ0v) is 11.9. The summed E-state index contributed by atoms with van der Waals surface area (Å²) >= 11 is 0. The van der Waals surface area contributed by atoms with Crippen LogP contribution in [0, 0.1) is 0 Å². The third-order valence-electron chi connectivity index (χ3n) is 2.52. The number of carbonyl (C=O) groups is 1. The third-order valence-corrected chi connectivity index (χ3v) is 2.52. The van der Waals surface area contributed by atoms with Gasteiger partial charge in [-0.2, -0.15) is 0 Å². The number of hydrogen-bond acceptors (Lipinski definition) is 5. The van der Waals surface area contributed by atoms with Crippen LogP contribution in [0.15, 0.2) is 18.3 Å². The monoisotopic (exact) mass is 266 g/mol. The molecule has 0 aliphatic heterocycles. The normalized spacial score (nSPS) is 10.7. The van der Waals surface area contributed by atoms with Crippen molar-refractivity contribution in [1.82, 2.24) is 19.9 Å². The van der Waals surface area contributed by atoms with Crippen LogP contribution in [0.1, 0.15) is 19.0 Å². The highest BCUT2D eigenvalue weighted by Crippen LogP contribution is 1.99. The fourth-order valence-electron chi connectivity index (χ4n) is 1.48. The van der Waals surface area contributed by atoms with Crippen molar-refractivity contribution in [3.8, 4) is 0 Å². The molecule has 0 aromatic carbocycles. The smallest absolute Gasteiger partial charge is 0.333 e. The average molecular weight is 266 g/mol. The Kier molecular flexibility index (Phi) is 6.21. The summed E-state index contributed by atoms with van der Waals surface area (Å²) in [5, 5.41) is 8.08. The zero-order chi connectivity index (χ0) is 14.3. The molecule has 0 aliphatic rings. The minimum atomic E-state index is -0.363. The Morgan fingerprint density at radius 3 is 2.89 bits per heavy atom. The number of aryl methyl sites for hydroxylation is 1. The predicted octanol–water partition coefficient (Wildman–Crippen LogP) is 0.892. The Bertz CT molecular complexity index is 426. The van der Waals surface area contributed by atoms with Crippen molar-refractivity contribution in [2.24, 2.45) is 0 Å². The van der Waals surface area contributed by atoms with Gasteiger partial charge in [0.2, 0.25) is 0 Å². The molecular formula is C13H22N4O2. The molecule has 0 radical (unpaired) electrons. The first-order valence-electron chi connectivity index (χ1n) is 6.35. The van der Waals surface area contributed by atoms with Crippen molar-refractivity contribution in [3.05, 3.63) is 24.0 Å². The van der Waals surface area contributed by atoms with Gasteiger partial charge in [-0.1, -0.05) is 11.8 Å². The molecule has 0 fully saturated rings. The number of nitrogens with zero attached hydrogens (tertiary/aromatic N) is 4. The second kappa shape index (κ2) is 7.68. The molecule has 6 heteroatoms. The van der Waals surface area contributed by atoms with E-state index in [2.05, 4.69) is 21.8 Å². The maximum Gasteiger partial charge on any atom is 0.333 e. The number of aromatic nitrogens is 3. The van der Waals surface area contributed by atoms with Crippen LogP contribution in [0.25, 0.3) is 0 Å². The highest BCUT2D eigenvalue weighted by atomic mass is 16.5. The van der Waals surface area contributed by atoms with Gasteiger partial charge in [0, 0.05) is 24.7 Å². The Hall–Kier alpha value is -1.69. The fraction of sp³-hybridized carbons (Fsp3) is 0.615. The largest absolute Gasteiger partial charge is 0.462 e. The van der Waals surface area contributed by atoms with Crippen molar-refractivity contribution < 1.29 is 9.53 Å². The molecule has 1 aromatic rings. The molecule has 0 aliphatic carbocycles. The van der Waals surface area contributed by atoms with Gasteiger partial charge in [-0.25, -0.2) is 4.79 Å². The van der Waals surface area contributed by atoms with Crippen LogP contribution in [0.4, 0.5) is 0 Å². The van der Waals surface area contributed by atoms with Crippen molar-refractivity contribution >= 4 is 5.97 Å². The Morgan fingerprint density at radius 1 is 1.53 bits per heavy atom. The summed E-state index contributed by atoms with van der Waals surface area (Å²) in [7, 11) is 4.09. The maximum absolute atomic E-state index is 11.2. The van der Waals surface area contributed by atoms with Crippen LogP contribution in [-0.4, -0.2) is 53.1 Å². The summed E-state index contributed by atoms with van der Waals surface area (Å²) < 4.78 is 6.83. The second-order valence-corrected chi connectivity index (χ2v) is 4.80. The number of ether oxygens (including phenoxy) is 1. The first-order valence-corrected chi connectivity index (χ1v) is 6.35. The highest BCUT2D eigenvalue weighted by Gasteiger charge is 2.05. The molecule has 0 spiro atoms. The molecule has 0 unspecified atom stereocenters. The molecule has 0 atom stereocenters. The lowest BCUT2D eigenvalue weighted by Crippen LogP contribution is -2.15. The standard InChI is InChI=1S/C13H22N4O2/c1-11(2)13(18)19-9-6-12-10-17(15-14-12)8-5-7-16(3)4/h10H,1,5-9H2,2-4H3. The minimum Gasteiger partial charge on any atom is -0.462 e. The lowest BCUT2D eigenvalue weighted by Gasteiger charge is -2.08. The van der Waals surface area contributed by atoms with Crippen molar-refractivity contribution in [1.29, 1.82) is 0 Å². The highest BCUT2D eigenvalue weighted by molar-refractivity contribution is 5.86. The number of hydrogen-bond donors (Lipinski definition) is 0. The molecule has 0 N–H and O–H groups in total. The van der Waals surface area contributed by atoms with E-state index in [9.17, 15) is 4.79 Å². The van der Waals surface area contributed by atoms with Gasteiger partial charge in [0.1, 0.15) is 0 Å². The van der Waals surface area contributed by atoms with Gasteiger partial charge in [0.25, 0.3) is 0 Å². The van der Waals surface area contributed by atoms with E-state index in [1.807, 2.05) is 25.0 Å². The topological polar surface area (TPSA) is 60.2 Å². The molecule has 6 nitrogen and oxygen atoms in total. The van der Waals surface area contributed by atoms with Gasteiger partial charge < -0.3 is 9.64 Å². The second-order valence-electron chi connectivity index (χ2n) is 4.80. The van der Waals surface area contributed by atoms with Crippen LogP contribution < -0.4 is 0 Å². The molecule has 0 amide bonds. The molecule has 0 bridgehead atoms. The molecule has 1 heterocycles. The van der Waals surface area contributed by atoms with E-state index in [0.717, 1.165) is 25.2 Å². The Labute approximate surface area is 114 Å². The van der Waals surface area contributed by atoms with Gasteiger partial charge in [-0.05, 0) is 34.0 Å². The molecule has 1 rings (SSSR count). The Balaban J connectivity index is 2.27. The van der Waals surface area contributed by atoms with Crippen LogP contribution >= 0.6 is 0 Å². The summed E-state index contributed by atoms with van der Waals surface area (Å²) in [5.74, 6) is -0.363. The molecule has 1 aromatic heterocycles. The van der Waals surface area contributed by atoms with E-state index >= 15 is 0 Å². The predicted molar refractivity (Wildman–Crippen MR) is 72.7 cm³/mol. The van der Waals surface area contributed by atoms with Gasteiger partial charge in [0.05, 0.1) is 12.3 Å². The lowest BCUT2D eigenvalue weighted by atomic mass is 10.3. The molecule has 0 saturated carbocycles. The molecule has 106 valence electrons. The minimum absolute atomic E-state index is 0.308. The first kappa shape index (κ1) is 15.4. The molecular weight excluding hydrogens is 244 g/mol. The van der Waals surface area contributed by atoms with E-state index in [4.69, 9.17) is 4.74 Å². The summed E-state index contributed by atoms with van der Waals surface area (Å²) in [6.45, 7) is 7.32. The summed E-state index contributed by atoms with van der Waals surface area (Å²) in [4.78, 5) is 13.3. The van der Waals surface area contributed by atoms with Gasteiger partial charge in [-0.15, -0.1) is 5.10 Å². The van der Waals surface area contributed by atoms with Crippen molar-refractivity contribution in [3.63, 3.8) is 0 Å². The first-order chi connectivity index (χ1) is 8.99. The maximum atomic E-state index is 11.2. The Morgan fingerprint density at radius 2 is 2.26 bits per heavy atom. The van der Waals surface area contributed by atoms with E-state index in [0.29, 0.717) is 18.6 Å². The summed E-state index contributed by atoms with van der Waals surface area (Å²) in [6.07, 6.45) is 3.50. The van der Waals surface area contributed by atoms with Crippen LogP contribution in [-0.2, 0) is 22.5 Å². The van der Waals surface area contributed by atoms with Crippen LogP contribution in [0.5, 0.6) is 0 Å². The molecule has 19 heavy (non-hydrogen) atoms. The van der Waals surface area contributed by atoms with Crippen LogP contribution in [0.2, 0.25) is 0 Å². The SMILES string of the molecule is C=C(C)C(=O)OCCc1cn(CCCN(C)C)nn1. The zero-order valence-electron chi connectivity index (χ0n) is 11.9. The molecule has 0 saturated heterocycles. The number of esters is 1. The van der Waals surface area contributed by atoms with Gasteiger partial charge >= 0.3 is 5.97 Å². The fourth-order valence-corrected chi connectivity index (χ4v) is 1.48. The van der Waals surface area contributed by atoms with E-state index in [1.54, 1.807) is 6.92 Å². The van der Waals surface area contributed by atoms with E-state index < -0.39 is 0 Å². The number of carbonyl (C=O) groups excluding carboxylic acids is 1. The van der Waals surface area contributed by atoms with Gasteiger partial charge in [0.15, 0.2) is 0 Å². The quantitative estimate of drug-likeness (QED) is 0.516. The van der Waals surface area contributed by atoms with Gasteiger partial charge in [-0.3, -0.25) is 4.68 Å². The summed E-state index contributed by atoms with van der Waals surface area (Å²) in [6, 6.07) is 0. The van der Waals surface area contributed by atoms with Crippen LogP contribution in [0.3, 0.4) is 0 Å². The van der Waals surface area contributed by atoms with Crippen molar-refractivity contribution in [2.45, 2.75) is 26.3 Å². The third kappa shape index (κ3) is 6.15. The van der Waals surface area contributed by atoms with E-state index in [1.165, 1.54) is 0 Å². The lowest BCUT2D eigenvalue weighted by molar-refractivity contribution is -0.138. The average Bonchev–Trinajstić information content (AvgIpc) is 2.76. The van der Waals surface area contributed by atoms with E-state index in [-0.39, 0.29) is 5.97 Å². The number of rotatable bonds is 8. The van der Waals surface area contributed by atoms with Crippen molar-refractivity contribution in [2.75, 3.05) is 27.2 Å². The summed E-state index contributed by atoms with van der Waals surface area (Å²) in [5.41, 5.74) is 1.24.